The van der Waals surface area contributed by atoms with Gasteiger partial charge in [-0.25, -0.2) is 0 Å². The second kappa shape index (κ2) is 5.11. The minimum atomic E-state index is -1.60. The van der Waals surface area contributed by atoms with Gasteiger partial charge in [0, 0.05) is 6.00 Å². The highest BCUT2D eigenvalue weighted by Gasteiger charge is 2.34. The molecule has 0 aromatic heterocycles. The molecule has 1 saturated heterocycles. The van der Waals surface area contributed by atoms with E-state index in [0.717, 1.165) is 19.0 Å². The van der Waals surface area contributed by atoms with E-state index in [1.54, 1.807) is 0 Å². The van der Waals surface area contributed by atoms with Crippen molar-refractivity contribution in [2.24, 2.45) is 0 Å². The van der Waals surface area contributed by atoms with Crippen LogP contribution in [-0.4, -0.2) is 38.9 Å². The lowest BCUT2D eigenvalue weighted by molar-refractivity contribution is 0.0439. The standard InChI is InChI=1S/C9H18BO2PS/c1-4-7-8(6-9(10)11-7)12-13(3,14)5-2/h7-9H,4-6H2,1-3H3. The highest BCUT2D eigenvalue weighted by atomic mass is 32.4. The molecule has 5 heteroatoms. The predicted molar refractivity (Wildman–Crippen MR) is 64.9 cm³/mol. The lowest BCUT2D eigenvalue weighted by Gasteiger charge is -2.24. The first-order chi connectivity index (χ1) is 6.48. The van der Waals surface area contributed by atoms with Crippen LogP contribution in [0.25, 0.3) is 0 Å². The van der Waals surface area contributed by atoms with Gasteiger partial charge in [0.1, 0.15) is 7.85 Å². The average molecular weight is 232 g/mol. The van der Waals surface area contributed by atoms with Gasteiger partial charge in [-0.3, -0.25) is 0 Å². The molecule has 1 heterocycles. The van der Waals surface area contributed by atoms with Crippen molar-refractivity contribution >= 4 is 25.9 Å². The maximum absolute atomic E-state index is 5.94. The van der Waals surface area contributed by atoms with E-state index in [9.17, 15) is 0 Å². The van der Waals surface area contributed by atoms with Crippen molar-refractivity contribution < 1.29 is 9.26 Å². The van der Waals surface area contributed by atoms with Gasteiger partial charge in [0.05, 0.1) is 18.5 Å². The Kier molecular flexibility index (Phi) is 4.64. The molecule has 4 unspecified atom stereocenters. The number of rotatable bonds is 4. The fourth-order valence-corrected chi connectivity index (χ4v) is 2.85. The summed E-state index contributed by atoms with van der Waals surface area (Å²) in [6.07, 6.45) is 1.31. The van der Waals surface area contributed by atoms with Gasteiger partial charge in [0.25, 0.3) is 0 Å². The molecule has 80 valence electrons. The fourth-order valence-electron chi connectivity index (χ4n) is 1.58. The normalized spacial score (nSPS) is 36.9. The van der Waals surface area contributed by atoms with Crippen molar-refractivity contribution in [3.05, 3.63) is 0 Å². The summed E-state index contributed by atoms with van der Waals surface area (Å²) in [6.45, 7) is 6.21. The van der Waals surface area contributed by atoms with Crippen LogP contribution in [0, 0.1) is 0 Å². The van der Waals surface area contributed by atoms with E-state index in [-0.39, 0.29) is 18.2 Å². The molecular weight excluding hydrogens is 214 g/mol. The van der Waals surface area contributed by atoms with Gasteiger partial charge in [0.2, 0.25) is 0 Å². The molecule has 0 aliphatic carbocycles. The van der Waals surface area contributed by atoms with Gasteiger partial charge in [-0.05, 0) is 25.7 Å². The molecule has 0 bridgehead atoms. The first-order valence-corrected chi connectivity index (χ1v) is 8.49. The molecule has 1 aliphatic rings. The van der Waals surface area contributed by atoms with Crippen molar-refractivity contribution in [1.82, 2.24) is 0 Å². The van der Waals surface area contributed by atoms with Crippen molar-refractivity contribution in [1.29, 1.82) is 0 Å². The molecule has 1 rings (SSSR count). The zero-order chi connectivity index (χ0) is 10.8. The van der Waals surface area contributed by atoms with Crippen LogP contribution in [0.5, 0.6) is 0 Å². The van der Waals surface area contributed by atoms with E-state index in [1.165, 1.54) is 0 Å². The Hall–Kier alpha value is 0.635. The van der Waals surface area contributed by atoms with Crippen LogP contribution in [0.1, 0.15) is 26.7 Å². The zero-order valence-electron chi connectivity index (χ0n) is 9.10. The van der Waals surface area contributed by atoms with Gasteiger partial charge in [-0.2, -0.15) is 0 Å². The van der Waals surface area contributed by atoms with E-state index in [0.29, 0.717) is 0 Å². The Morgan fingerprint density at radius 1 is 1.57 bits per heavy atom. The fraction of sp³-hybridized carbons (Fsp3) is 1.00. The van der Waals surface area contributed by atoms with E-state index in [4.69, 9.17) is 28.9 Å². The third-order valence-corrected chi connectivity index (χ3v) is 5.46. The molecular formula is C9H18BO2PS. The highest BCUT2D eigenvalue weighted by Crippen LogP contribution is 2.46. The summed E-state index contributed by atoms with van der Waals surface area (Å²) >= 11 is 5.41. The topological polar surface area (TPSA) is 18.5 Å². The Bertz CT molecular complexity index is 237. The molecule has 4 atom stereocenters. The molecule has 14 heavy (non-hydrogen) atoms. The van der Waals surface area contributed by atoms with Crippen LogP contribution in [0.3, 0.4) is 0 Å². The third kappa shape index (κ3) is 3.34. The van der Waals surface area contributed by atoms with Gasteiger partial charge in [-0.15, -0.1) is 0 Å². The van der Waals surface area contributed by atoms with Crippen molar-refractivity contribution in [3.63, 3.8) is 0 Å². The Labute approximate surface area is 93.2 Å². The monoisotopic (exact) mass is 232 g/mol. The van der Waals surface area contributed by atoms with E-state index >= 15 is 0 Å². The number of hydrogen-bond acceptors (Lipinski definition) is 3. The minimum Gasteiger partial charge on any atom is -0.382 e. The summed E-state index contributed by atoms with van der Waals surface area (Å²) in [6, 6.07) is -0.170. The van der Waals surface area contributed by atoms with Gasteiger partial charge >= 0.3 is 0 Å². The van der Waals surface area contributed by atoms with Crippen molar-refractivity contribution in [2.45, 2.75) is 44.9 Å². The van der Waals surface area contributed by atoms with Crippen molar-refractivity contribution in [3.8, 4) is 0 Å². The van der Waals surface area contributed by atoms with Crippen LogP contribution in [0.4, 0.5) is 0 Å². The second-order valence-electron chi connectivity index (χ2n) is 3.83. The van der Waals surface area contributed by atoms with Gasteiger partial charge in [-0.1, -0.05) is 25.7 Å². The average Bonchev–Trinajstić information content (AvgIpc) is 2.45. The predicted octanol–water partition coefficient (Wildman–Crippen LogP) is 2.11. The maximum Gasteiger partial charge on any atom is 0.109 e. The van der Waals surface area contributed by atoms with Crippen LogP contribution in [0.2, 0.25) is 0 Å². The summed E-state index contributed by atoms with van der Waals surface area (Å²) in [7, 11) is 5.73. The zero-order valence-corrected chi connectivity index (χ0v) is 10.8. The number of hydrogen-bond donors (Lipinski definition) is 0. The molecule has 0 saturated carbocycles. The third-order valence-electron chi connectivity index (χ3n) is 2.56. The highest BCUT2D eigenvalue weighted by molar-refractivity contribution is 8.11. The smallest absolute Gasteiger partial charge is 0.109 e. The van der Waals surface area contributed by atoms with Crippen LogP contribution >= 0.6 is 6.26 Å². The van der Waals surface area contributed by atoms with E-state index in [2.05, 4.69) is 13.8 Å². The van der Waals surface area contributed by atoms with Gasteiger partial charge < -0.3 is 9.26 Å². The first-order valence-electron chi connectivity index (χ1n) is 5.14. The summed E-state index contributed by atoms with van der Waals surface area (Å²) in [4.78, 5) is 0. The molecule has 0 aromatic rings. The van der Waals surface area contributed by atoms with E-state index < -0.39 is 6.26 Å². The molecule has 1 aliphatic heterocycles. The molecule has 0 aromatic carbocycles. The SMILES string of the molecule is [B]C1CC(OP(C)(=S)CC)C(CC)O1. The summed E-state index contributed by atoms with van der Waals surface area (Å²) < 4.78 is 11.5. The Morgan fingerprint density at radius 2 is 2.21 bits per heavy atom. The summed E-state index contributed by atoms with van der Waals surface area (Å²) in [5.41, 5.74) is 0. The first kappa shape index (κ1) is 12.7. The van der Waals surface area contributed by atoms with Crippen LogP contribution < -0.4 is 0 Å². The molecule has 2 radical (unpaired) electrons. The maximum atomic E-state index is 5.94. The molecule has 2 nitrogen and oxygen atoms in total. The molecule has 0 spiro atoms. The molecule has 0 amide bonds. The quantitative estimate of drug-likeness (QED) is 0.546. The molecule has 1 fully saturated rings. The lowest BCUT2D eigenvalue weighted by Crippen LogP contribution is -2.22. The van der Waals surface area contributed by atoms with Crippen molar-refractivity contribution in [2.75, 3.05) is 12.8 Å². The number of ether oxygens (including phenoxy) is 1. The van der Waals surface area contributed by atoms with Gasteiger partial charge in [0.15, 0.2) is 0 Å². The molecule has 0 N–H and O–H groups in total. The summed E-state index contributed by atoms with van der Waals surface area (Å²) in [5, 5.41) is 0. The Morgan fingerprint density at radius 3 is 2.71 bits per heavy atom. The Balaban J connectivity index is 2.55. The largest absolute Gasteiger partial charge is 0.382 e. The lowest BCUT2D eigenvalue weighted by atomic mass is 9.96. The van der Waals surface area contributed by atoms with Crippen LogP contribution in [0.15, 0.2) is 0 Å². The van der Waals surface area contributed by atoms with Crippen LogP contribution in [-0.2, 0) is 21.1 Å². The second-order valence-corrected chi connectivity index (χ2v) is 9.02. The summed E-state index contributed by atoms with van der Waals surface area (Å²) in [5.74, 6) is 0. The van der Waals surface area contributed by atoms with E-state index in [1.807, 2.05) is 6.66 Å². The minimum absolute atomic E-state index is 0.116.